The van der Waals surface area contributed by atoms with Crippen LogP contribution in [-0.2, 0) is 6.54 Å². The lowest BCUT2D eigenvalue weighted by molar-refractivity contribution is 0.0999. The van der Waals surface area contributed by atoms with E-state index >= 15 is 0 Å². The fourth-order valence-electron chi connectivity index (χ4n) is 4.07. The summed E-state index contributed by atoms with van der Waals surface area (Å²) in [5.41, 5.74) is 9.54. The lowest BCUT2D eigenvalue weighted by Crippen LogP contribution is -2.13. The van der Waals surface area contributed by atoms with Crippen LogP contribution in [0.1, 0.15) is 28.0 Å². The van der Waals surface area contributed by atoms with Crippen molar-refractivity contribution in [3.63, 3.8) is 0 Å². The topological polar surface area (TPSA) is 94.2 Å². The third kappa shape index (κ3) is 4.28. The fraction of sp³-hybridized carbons (Fsp3) is 0.320. The number of hydrogen-bond donors (Lipinski definition) is 1. The highest BCUT2D eigenvalue weighted by molar-refractivity contribution is 5.95. The highest BCUT2D eigenvalue weighted by atomic mass is 16.5. The van der Waals surface area contributed by atoms with Crippen LogP contribution in [0.5, 0.6) is 28.7 Å². The molecule has 0 bridgehead atoms. The molecule has 174 valence electrons. The second-order valence-electron chi connectivity index (χ2n) is 7.72. The molecule has 1 amide bonds. The molecule has 8 heteroatoms. The largest absolute Gasteiger partial charge is 0.493 e. The zero-order chi connectivity index (χ0) is 23.5. The first-order chi connectivity index (χ1) is 16.0. The number of nitrogens with zero attached hydrogens (tertiary/aromatic N) is 1. The average Bonchev–Trinajstić information content (AvgIpc) is 2.98. The normalized spacial score (nSPS) is 12.7. The molecule has 0 unspecified atom stereocenters. The first-order valence-corrected chi connectivity index (χ1v) is 10.7. The summed E-state index contributed by atoms with van der Waals surface area (Å²) in [5, 5.41) is 0. The summed E-state index contributed by atoms with van der Waals surface area (Å²) in [6.07, 6.45) is 0.826. The molecule has 1 aliphatic heterocycles. The minimum Gasteiger partial charge on any atom is -0.493 e. The van der Waals surface area contributed by atoms with Crippen LogP contribution in [0.15, 0.2) is 36.4 Å². The van der Waals surface area contributed by atoms with E-state index in [1.807, 2.05) is 47.9 Å². The number of rotatable bonds is 7. The van der Waals surface area contributed by atoms with Gasteiger partial charge >= 0.3 is 0 Å². The van der Waals surface area contributed by atoms with Crippen LogP contribution in [0.2, 0.25) is 0 Å². The van der Waals surface area contributed by atoms with Crippen molar-refractivity contribution < 1.29 is 28.5 Å². The summed E-state index contributed by atoms with van der Waals surface area (Å²) >= 11 is 0. The van der Waals surface area contributed by atoms with E-state index in [2.05, 4.69) is 0 Å². The standard InChI is InChI=1S/C25H28N2O6/c1-15-18(25(26)28)13-19(17-6-7-20-21(12-17)33-9-5-8-32-20)27(15)14-16-10-22(29-2)24(31-4)23(11-16)30-3/h6-7,10-13H,5,8-9,14H2,1-4H3,(H2,26,28). The molecule has 8 nitrogen and oxygen atoms in total. The van der Waals surface area contributed by atoms with Crippen molar-refractivity contribution in [3.8, 4) is 40.0 Å². The molecule has 0 atom stereocenters. The van der Waals surface area contributed by atoms with Crippen LogP contribution in [-0.4, -0.2) is 45.0 Å². The van der Waals surface area contributed by atoms with Crippen molar-refractivity contribution in [2.24, 2.45) is 5.73 Å². The molecule has 1 aromatic heterocycles. The van der Waals surface area contributed by atoms with E-state index in [-0.39, 0.29) is 0 Å². The second-order valence-corrected chi connectivity index (χ2v) is 7.72. The molecule has 0 spiro atoms. The van der Waals surface area contributed by atoms with Gasteiger partial charge in [-0.2, -0.15) is 0 Å². The maximum Gasteiger partial charge on any atom is 0.250 e. The Bertz CT molecular complexity index is 1160. The number of carbonyl (C=O) groups is 1. The molecule has 3 aromatic rings. The van der Waals surface area contributed by atoms with Gasteiger partial charge in [-0.3, -0.25) is 4.79 Å². The van der Waals surface area contributed by atoms with E-state index in [1.165, 1.54) is 0 Å². The zero-order valence-electron chi connectivity index (χ0n) is 19.3. The Balaban J connectivity index is 1.82. The van der Waals surface area contributed by atoms with E-state index in [0.717, 1.165) is 28.9 Å². The van der Waals surface area contributed by atoms with Gasteiger partial charge in [0.05, 0.1) is 40.1 Å². The first kappa shape index (κ1) is 22.4. The van der Waals surface area contributed by atoms with Crippen LogP contribution in [0.25, 0.3) is 11.3 Å². The van der Waals surface area contributed by atoms with Gasteiger partial charge in [-0.25, -0.2) is 0 Å². The van der Waals surface area contributed by atoms with E-state index in [0.29, 0.717) is 54.1 Å². The third-order valence-corrected chi connectivity index (χ3v) is 5.74. The quantitative estimate of drug-likeness (QED) is 0.586. The SMILES string of the molecule is COc1cc(Cn2c(-c3ccc4c(c3)OCCCO4)cc(C(N)=O)c2C)cc(OC)c1OC. The monoisotopic (exact) mass is 452 g/mol. The molecular weight excluding hydrogens is 424 g/mol. The highest BCUT2D eigenvalue weighted by Gasteiger charge is 2.21. The van der Waals surface area contributed by atoms with Crippen molar-refractivity contribution in [2.45, 2.75) is 19.9 Å². The number of fused-ring (bicyclic) bond motifs is 1. The van der Waals surface area contributed by atoms with Gasteiger partial charge in [0.15, 0.2) is 23.0 Å². The lowest BCUT2D eigenvalue weighted by Gasteiger charge is -2.17. The van der Waals surface area contributed by atoms with Gasteiger partial charge in [0.1, 0.15) is 0 Å². The maximum atomic E-state index is 12.1. The number of carbonyl (C=O) groups excluding carboxylic acids is 1. The Kier molecular flexibility index (Phi) is 6.35. The van der Waals surface area contributed by atoms with Crippen molar-refractivity contribution in [2.75, 3.05) is 34.5 Å². The number of benzene rings is 2. The Labute approximate surface area is 192 Å². The molecule has 0 saturated carbocycles. The molecule has 33 heavy (non-hydrogen) atoms. The summed E-state index contributed by atoms with van der Waals surface area (Å²) < 4.78 is 30.1. The van der Waals surface area contributed by atoms with Gasteiger partial charge < -0.3 is 34.0 Å². The predicted molar refractivity (Wildman–Crippen MR) is 124 cm³/mol. The number of primary amides is 1. The number of hydrogen-bond acceptors (Lipinski definition) is 6. The molecule has 0 fully saturated rings. The van der Waals surface area contributed by atoms with E-state index < -0.39 is 5.91 Å². The highest BCUT2D eigenvalue weighted by Crippen LogP contribution is 2.40. The molecule has 1 aliphatic rings. The maximum absolute atomic E-state index is 12.1. The predicted octanol–water partition coefficient (Wildman–Crippen LogP) is 3.80. The Morgan fingerprint density at radius 1 is 0.970 bits per heavy atom. The molecular formula is C25H28N2O6. The number of aromatic nitrogens is 1. The minimum atomic E-state index is -0.480. The number of methoxy groups -OCH3 is 3. The van der Waals surface area contributed by atoms with Gasteiger partial charge in [0, 0.05) is 29.9 Å². The first-order valence-electron chi connectivity index (χ1n) is 10.7. The Hall–Kier alpha value is -3.81. The summed E-state index contributed by atoms with van der Waals surface area (Å²) in [6, 6.07) is 11.4. The van der Waals surface area contributed by atoms with Crippen molar-refractivity contribution in [1.82, 2.24) is 4.57 Å². The fourth-order valence-corrected chi connectivity index (χ4v) is 4.07. The molecule has 2 aromatic carbocycles. The molecule has 0 saturated heterocycles. The summed E-state index contributed by atoms with van der Waals surface area (Å²) in [6.45, 7) is 3.55. The molecule has 2 N–H and O–H groups in total. The lowest BCUT2D eigenvalue weighted by atomic mass is 10.1. The summed E-state index contributed by atoms with van der Waals surface area (Å²) in [7, 11) is 4.73. The van der Waals surface area contributed by atoms with E-state index in [9.17, 15) is 4.79 Å². The second kappa shape index (κ2) is 9.36. The van der Waals surface area contributed by atoms with Crippen LogP contribution in [0.4, 0.5) is 0 Å². The average molecular weight is 453 g/mol. The van der Waals surface area contributed by atoms with E-state index in [1.54, 1.807) is 21.3 Å². The van der Waals surface area contributed by atoms with Gasteiger partial charge in [-0.05, 0) is 48.9 Å². The van der Waals surface area contributed by atoms with Crippen LogP contribution >= 0.6 is 0 Å². The summed E-state index contributed by atoms with van der Waals surface area (Å²) in [5.74, 6) is 2.56. The molecule has 0 aliphatic carbocycles. The van der Waals surface area contributed by atoms with Crippen molar-refractivity contribution >= 4 is 5.91 Å². The number of nitrogens with two attached hydrogens (primary N) is 1. The zero-order valence-corrected chi connectivity index (χ0v) is 19.3. The van der Waals surface area contributed by atoms with Crippen molar-refractivity contribution in [3.05, 3.63) is 53.2 Å². The Morgan fingerprint density at radius 3 is 2.24 bits per heavy atom. The third-order valence-electron chi connectivity index (χ3n) is 5.74. The van der Waals surface area contributed by atoms with E-state index in [4.69, 9.17) is 29.4 Å². The van der Waals surface area contributed by atoms with Crippen LogP contribution in [0, 0.1) is 6.92 Å². The van der Waals surface area contributed by atoms with Gasteiger partial charge in [0.25, 0.3) is 5.91 Å². The van der Waals surface area contributed by atoms with Gasteiger partial charge in [-0.15, -0.1) is 0 Å². The summed E-state index contributed by atoms with van der Waals surface area (Å²) in [4.78, 5) is 12.1. The molecule has 0 radical (unpaired) electrons. The smallest absolute Gasteiger partial charge is 0.250 e. The molecule has 2 heterocycles. The minimum absolute atomic E-state index is 0.458. The van der Waals surface area contributed by atoms with Crippen LogP contribution < -0.4 is 29.4 Å². The van der Waals surface area contributed by atoms with Gasteiger partial charge in [-0.1, -0.05) is 0 Å². The number of amides is 1. The number of ether oxygens (including phenoxy) is 5. The molecule has 4 rings (SSSR count). The Morgan fingerprint density at radius 2 is 1.64 bits per heavy atom. The van der Waals surface area contributed by atoms with Crippen molar-refractivity contribution in [1.29, 1.82) is 0 Å². The van der Waals surface area contributed by atoms with Crippen LogP contribution in [0.3, 0.4) is 0 Å². The van der Waals surface area contributed by atoms with Gasteiger partial charge in [0.2, 0.25) is 5.75 Å².